The molecule has 1 aromatic rings. The number of hydrogen-bond acceptors (Lipinski definition) is 2. The van der Waals surface area contributed by atoms with Crippen molar-refractivity contribution in [3.8, 4) is 5.75 Å². The Morgan fingerprint density at radius 1 is 1.42 bits per heavy atom. The molecule has 1 aromatic carbocycles. The van der Waals surface area contributed by atoms with Gasteiger partial charge in [-0.05, 0) is 29.9 Å². The molecule has 0 bridgehead atoms. The van der Waals surface area contributed by atoms with Crippen molar-refractivity contribution >= 4 is 11.6 Å². The zero-order valence-electron chi connectivity index (χ0n) is 12.0. The van der Waals surface area contributed by atoms with E-state index in [1.54, 1.807) is 0 Å². The Morgan fingerprint density at radius 2 is 2.05 bits per heavy atom. The second kappa shape index (κ2) is 6.04. The van der Waals surface area contributed by atoms with Crippen molar-refractivity contribution in [2.24, 2.45) is 11.3 Å². The number of aromatic hydroxyl groups is 1. The smallest absolute Gasteiger partial charge is 0.224 e. The van der Waals surface area contributed by atoms with E-state index in [9.17, 15) is 9.18 Å². The van der Waals surface area contributed by atoms with Gasteiger partial charge in [0.25, 0.3) is 0 Å². The van der Waals surface area contributed by atoms with Crippen LogP contribution in [0.3, 0.4) is 0 Å². The first kappa shape index (κ1) is 15.5. The first-order valence-electron chi connectivity index (χ1n) is 6.46. The number of hydrogen-bond donors (Lipinski definition) is 2. The van der Waals surface area contributed by atoms with Gasteiger partial charge in [-0.2, -0.15) is 0 Å². The molecule has 1 amide bonds. The zero-order chi connectivity index (χ0) is 14.6. The topological polar surface area (TPSA) is 49.3 Å². The van der Waals surface area contributed by atoms with Gasteiger partial charge in [-0.25, -0.2) is 4.39 Å². The summed E-state index contributed by atoms with van der Waals surface area (Å²) >= 11 is 0. The lowest BCUT2D eigenvalue weighted by Crippen LogP contribution is -2.19. The Kier molecular flexibility index (Phi) is 4.92. The molecule has 0 aromatic heterocycles. The lowest BCUT2D eigenvalue weighted by molar-refractivity contribution is -0.117. The van der Waals surface area contributed by atoms with Crippen molar-refractivity contribution in [2.45, 2.75) is 40.5 Å². The van der Waals surface area contributed by atoms with Gasteiger partial charge >= 0.3 is 0 Å². The monoisotopic (exact) mass is 267 g/mol. The summed E-state index contributed by atoms with van der Waals surface area (Å²) in [4.78, 5) is 11.8. The van der Waals surface area contributed by atoms with Crippen molar-refractivity contribution in [1.29, 1.82) is 0 Å². The van der Waals surface area contributed by atoms with Crippen LogP contribution in [0.15, 0.2) is 18.2 Å². The fraction of sp³-hybridized carbons (Fsp3) is 0.533. The highest BCUT2D eigenvalue weighted by atomic mass is 19.1. The van der Waals surface area contributed by atoms with E-state index in [1.807, 2.05) is 6.92 Å². The van der Waals surface area contributed by atoms with E-state index in [2.05, 4.69) is 26.1 Å². The Labute approximate surface area is 113 Å². The quantitative estimate of drug-likeness (QED) is 0.812. The van der Waals surface area contributed by atoms with Crippen LogP contribution in [0.1, 0.15) is 40.5 Å². The summed E-state index contributed by atoms with van der Waals surface area (Å²) < 4.78 is 13.4. The number of carbonyl (C=O) groups is 1. The third kappa shape index (κ3) is 5.73. The maximum Gasteiger partial charge on any atom is 0.224 e. The van der Waals surface area contributed by atoms with Gasteiger partial charge in [0, 0.05) is 12.5 Å². The second-order valence-corrected chi connectivity index (χ2v) is 6.29. The largest absolute Gasteiger partial charge is 0.508 e. The van der Waals surface area contributed by atoms with Gasteiger partial charge in [-0.3, -0.25) is 4.79 Å². The van der Waals surface area contributed by atoms with E-state index in [1.165, 1.54) is 12.1 Å². The molecule has 3 nitrogen and oxygen atoms in total. The Hall–Kier alpha value is -1.58. The van der Waals surface area contributed by atoms with E-state index in [4.69, 9.17) is 5.11 Å². The molecular formula is C15H22FNO2. The molecule has 0 saturated carbocycles. The maximum atomic E-state index is 13.4. The Morgan fingerprint density at radius 3 is 2.58 bits per heavy atom. The number of anilines is 1. The molecule has 1 atom stereocenters. The van der Waals surface area contributed by atoms with Crippen LogP contribution >= 0.6 is 0 Å². The summed E-state index contributed by atoms with van der Waals surface area (Å²) in [5.74, 6) is -0.755. The lowest BCUT2D eigenvalue weighted by atomic mass is 9.84. The molecule has 0 saturated heterocycles. The molecule has 0 aliphatic rings. The minimum absolute atomic E-state index is 0.103. The standard InChI is InChI=1S/C15H22FNO2/c1-10(9-15(2,3)4)7-14(19)17-13-6-5-11(18)8-12(13)16/h5-6,8,10,18H,7,9H2,1-4H3,(H,17,19). The third-order valence-electron chi connectivity index (χ3n) is 2.72. The summed E-state index contributed by atoms with van der Waals surface area (Å²) in [7, 11) is 0. The molecule has 0 spiro atoms. The molecule has 0 aliphatic heterocycles. The van der Waals surface area contributed by atoms with Crippen LogP contribution in [0.2, 0.25) is 0 Å². The van der Waals surface area contributed by atoms with Crippen molar-refractivity contribution in [3.05, 3.63) is 24.0 Å². The van der Waals surface area contributed by atoms with Crippen LogP contribution in [-0.4, -0.2) is 11.0 Å². The molecule has 2 N–H and O–H groups in total. The first-order valence-corrected chi connectivity index (χ1v) is 6.46. The third-order valence-corrected chi connectivity index (χ3v) is 2.72. The SMILES string of the molecule is CC(CC(=O)Nc1ccc(O)cc1F)CC(C)(C)C. The van der Waals surface area contributed by atoms with Crippen LogP contribution in [0.5, 0.6) is 5.75 Å². The molecule has 1 rings (SSSR count). The average molecular weight is 267 g/mol. The van der Waals surface area contributed by atoms with Gasteiger partial charge < -0.3 is 10.4 Å². The second-order valence-electron chi connectivity index (χ2n) is 6.29. The number of phenolic OH excluding ortho intramolecular Hbond substituents is 1. The number of phenols is 1. The van der Waals surface area contributed by atoms with Gasteiger partial charge in [-0.15, -0.1) is 0 Å². The van der Waals surface area contributed by atoms with Crippen LogP contribution in [0.25, 0.3) is 0 Å². The van der Waals surface area contributed by atoms with Crippen LogP contribution in [0, 0.1) is 17.2 Å². The minimum atomic E-state index is -0.628. The van der Waals surface area contributed by atoms with Crippen LogP contribution in [0.4, 0.5) is 10.1 Å². The molecule has 4 heteroatoms. The Bertz CT molecular complexity index is 452. The number of halogens is 1. The number of rotatable bonds is 4. The lowest BCUT2D eigenvalue weighted by Gasteiger charge is -2.22. The summed E-state index contributed by atoms with van der Waals surface area (Å²) in [6.07, 6.45) is 1.29. The number of carbonyl (C=O) groups excluding carboxylic acids is 1. The predicted molar refractivity (Wildman–Crippen MR) is 74.5 cm³/mol. The van der Waals surface area contributed by atoms with Gasteiger partial charge in [0.05, 0.1) is 5.69 Å². The summed E-state index contributed by atoms with van der Waals surface area (Å²) in [6.45, 7) is 8.39. The zero-order valence-corrected chi connectivity index (χ0v) is 12.0. The fourth-order valence-electron chi connectivity index (χ4n) is 2.24. The van der Waals surface area contributed by atoms with Gasteiger partial charge in [0.15, 0.2) is 0 Å². The predicted octanol–water partition coefficient (Wildman–Crippen LogP) is 3.93. The molecule has 0 heterocycles. The normalized spacial score (nSPS) is 13.1. The summed E-state index contributed by atoms with van der Waals surface area (Å²) in [6, 6.07) is 3.68. The molecule has 106 valence electrons. The number of amides is 1. The molecule has 0 aliphatic carbocycles. The van der Waals surface area contributed by atoms with E-state index in [0.29, 0.717) is 6.42 Å². The molecule has 0 fully saturated rings. The van der Waals surface area contributed by atoms with Crippen LogP contribution < -0.4 is 5.32 Å². The van der Waals surface area contributed by atoms with Gasteiger partial charge in [-0.1, -0.05) is 27.7 Å². The van der Waals surface area contributed by atoms with E-state index < -0.39 is 5.82 Å². The van der Waals surface area contributed by atoms with E-state index in [0.717, 1.165) is 12.5 Å². The van der Waals surface area contributed by atoms with Gasteiger partial charge in [0.2, 0.25) is 5.91 Å². The van der Waals surface area contributed by atoms with Crippen LogP contribution in [-0.2, 0) is 4.79 Å². The highest BCUT2D eigenvalue weighted by molar-refractivity contribution is 5.91. The highest BCUT2D eigenvalue weighted by Crippen LogP contribution is 2.26. The van der Waals surface area contributed by atoms with Gasteiger partial charge in [0.1, 0.15) is 11.6 Å². The summed E-state index contributed by atoms with van der Waals surface area (Å²) in [5.41, 5.74) is 0.273. The van der Waals surface area contributed by atoms with E-state index >= 15 is 0 Å². The fourth-order valence-corrected chi connectivity index (χ4v) is 2.24. The molecule has 0 radical (unpaired) electrons. The molecule has 1 unspecified atom stereocenters. The van der Waals surface area contributed by atoms with Crippen molar-refractivity contribution in [2.75, 3.05) is 5.32 Å². The summed E-state index contributed by atoms with van der Waals surface area (Å²) in [5, 5.41) is 11.6. The Balaban J connectivity index is 2.56. The minimum Gasteiger partial charge on any atom is -0.508 e. The van der Waals surface area contributed by atoms with E-state index in [-0.39, 0.29) is 28.7 Å². The van der Waals surface area contributed by atoms with Crippen molar-refractivity contribution < 1.29 is 14.3 Å². The van der Waals surface area contributed by atoms with Crippen molar-refractivity contribution in [1.82, 2.24) is 0 Å². The molecular weight excluding hydrogens is 245 g/mol. The number of nitrogens with one attached hydrogen (secondary N) is 1. The van der Waals surface area contributed by atoms with Crippen molar-refractivity contribution in [3.63, 3.8) is 0 Å². The number of benzene rings is 1. The highest BCUT2D eigenvalue weighted by Gasteiger charge is 2.18. The maximum absolute atomic E-state index is 13.4. The first-order chi connectivity index (χ1) is 8.67. The molecule has 19 heavy (non-hydrogen) atoms. The average Bonchev–Trinajstić information content (AvgIpc) is 2.19.